The van der Waals surface area contributed by atoms with Crippen LogP contribution in [0, 0.1) is 0 Å². The van der Waals surface area contributed by atoms with Gasteiger partial charge in [0, 0.05) is 6.20 Å². The molecule has 0 aliphatic rings. The molecule has 0 saturated heterocycles. The fraction of sp³-hybridized carbons (Fsp3) is 0. The Bertz CT molecular complexity index is 372. The second-order valence-electron chi connectivity index (χ2n) is 2.19. The monoisotopic (exact) mass is 180 g/mol. The van der Waals surface area contributed by atoms with E-state index in [4.69, 9.17) is 16.0 Å². The van der Waals surface area contributed by atoms with Crippen LogP contribution in [0.15, 0.2) is 35.0 Å². The van der Waals surface area contributed by atoms with Crippen molar-refractivity contribution in [2.75, 3.05) is 0 Å². The van der Waals surface area contributed by atoms with Gasteiger partial charge in [0.1, 0.15) is 5.69 Å². The molecule has 2 heterocycles. The van der Waals surface area contributed by atoms with E-state index in [1.807, 2.05) is 18.2 Å². The number of halogens is 1. The van der Waals surface area contributed by atoms with Crippen molar-refractivity contribution in [2.45, 2.75) is 0 Å². The summed E-state index contributed by atoms with van der Waals surface area (Å²) in [6.45, 7) is 0. The van der Waals surface area contributed by atoms with Crippen molar-refractivity contribution < 1.29 is 4.42 Å². The average Bonchev–Trinajstić information content (AvgIpc) is 2.54. The van der Waals surface area contributed by atoms with Gasteiger partial charge in [0.05, 0.1) is 6.20 Å². The Balaban J connectivity index is 2.45. The number of hydrogen-bond acceptors (Lipinski definition) is 3. The Morgan fingerprint density at radius 2 is 2.17 bits per heavy atom. The summed E-state index contributed by atoms with van der Waals surface area (Å²) in [7, 11) is 0. The molecule has 12 heavy (non-hydrogen) atoms. The summed E-state index contributed by atoms with van der Waals surface area (Å²) < 4.78 is 5.06. The fourth-order valence-corrected chi connectivity index (χ4v) is 1.01. The van der Waals surface area contributed by atoms with Gasteiger partial charge in [0.25, 0.3) is 5.35 Å². The number of rotatable bonds is 1. The van der Waals surface area contributed by atoms with Gasteiger partial charge >= 0.3 is 0 Å². The highest BCUT2D eigenvalue weighted by Crippen LogP contribution is 2.19. The summed E-state index contributed by atoms with van der Waals surface area (Å²) in [5.41, 5.74) is 0.733. The number of aromatic nitrogens is 2. The molecule has 2 aromatic rings. The Labute approximate surface area is 74.0 Å². The van der Waals surface area contributed by atoms with Crippen LogP contribution in [0.2, 0.25) is 5.35 Å². The van der Waals surface area contributed by atoms with Crippen LogP contribution >= 0.6 is 11.6 Å². The molecule has 2 rings (SSSR count). The summed E-state index contributed by atoms with van der Waals surface area (Å²) in [5.74, 6) is 0.584. The molecular formula is C8H5ClN2O. The topological polar surface area (TPSA) is 38.9 Å². The van der Waals surface area contributed by atoms with E-state index < -0.39 is 0 Å². The van der Waals surface area contributed by atoms with Crippen LogP contribution in [0.5, 0.6) is 0 Å². The van der Waals surface area contributed by atoms with Crippen molar-refractivity contribution in [3.63, 3.8) is 0 Å². The second kappa shape index (κ2) is 2.95. The van der Waals surface area contributed by atoms with E-state index in [0.717, 1.165) is 5.69 Å². The molecule has 2 aromatic heterocycles. The van der Waals surface area contributed by atoms with Crippen molar-refractivity contribution in [3.05, 3.63) is 35.9 Å². The minimum absolute atomic E-state index is 0.135. The zero-order chi connectivity index (χ0) is 8.39. The van der Waals surface area contributed by atoms with Gasteiger partial charge in [0.2, 0.25) is 0 Å². The van der Waals surface area contributed by atoms with Gasteiger partial charge in [0.15, 0.2) is 5.76 Å². The van der Waals surface area contributed by atoms with Gasteiger partial charge in [-0.2, -0.15) is 0 Å². The molecule has 3 nitrogen and oxygen atoms in total. The third kappa shape index (κ3) is 1.31. The zero-order valence-corrected chi connectivity index (χ0v) is 6.82. The van der Waals surface area contributed by atoms with Crippen LogP contribution in [-0.2, 0) is 0 Å². The van der Waals surface area contributed by atoms with Gasteiger partial charge in [-0.1, -0.05) is 6.07 Å². The number of nitrogens with zero attached hydrogens (tertiary/aromatic N) is 2. The Hall–Kier alpha value is -1.35. The molecule has 0 aromatic carbocycles. The summed E-state index contributed by atoms with van der Waals surface area (Å²) in [5, 5.41) is 0.135. The lowest BCUT2D eigenvalue weighted by Crippen LogP contribution is -1.76. The first-order valence-corrected chi connectivity index (χ1v) is 3.77. The molecule has 0 fully saturated rings. The van der Waals surface area contributed by atoms with E-state index in [0.29, 0.717) is 5.76 Å². The van der Waals surface area contributed by atoms with E-state index in [2.05, 4.69) is 9.97 Å². The molecule has 4 heteroatoms. The fourth-order valence-electron chi connectivity index (χ4n) is 0.880. The summed E-state index contributed by atoms with van der Waals surface area (Å²) in [6.07, 6.45) is 3.23. The van der Waals surface area contributed by atoms with Crippen LogP contribution in [0.3, 0.4) is 0 Å². The number of oxazole rings is 1. The van der Waals surface area contributed by atoms with Crippen molar-refractivity contribution >= 4 is 11.6 Å². The van der Waals surface area contributed by atoms with E-state index in [9.17, 15) is 0 Å². The van der Waals surface area contributed by atoms with Gasteiger partial charge in [-0.3, -0.25) is 4.98 Å². The van der Waals surface area contributed by atoms with Crippen molar-refractivity contribution in [1.29, 1.82) is 0 Å². The van der Waals surface area contributed by atoms with Crippen LogP contribution < -0.4 is 0 Å². The smallest absolute Gasteiger partial charge is 0.292 e. The molecule has 0 bridgehead atoms. The summed E-state index contributed by atoms with van der Waals surface area (Å²) >= 11 is 5.50. The minimum Gasteiger partial charge on any atom is -0.426 e. The van der Waals surface area contributed by atoms with E-state index in [1.165, 1.54) is 0 Å². The third-order valence-corrected chi connectivity index (χ3v) is 1.57. The predicted molar refractivity (Wildman–Crippen MR) is 44.7 cm³/mol. The van der Waals surface area contributed by atoms with Crippen LogP contribution in [0.1, 0.15) is 0 Å². The van der Waals surface area contributed by atoms with Gasteiger partial charge in [-0.05, 0) is 23.7 Å². The first-order valence-electron chi connectivity index (χ1n) is 3.39. The maximum Gasteiger partial charge on any atom is 0.292 e. The minimum atomic E-state index is 0.135. The molecule has 0 saturated carbocycles. The average molecular weight is 181 g/mol. The Kier molecular flexibility index (Phi) is 1.80. The van der Waals surface area contributed by atoms with Crippen molar-refractivity contribution in [3.8, 4) is 11.5 Å². The first-order chi connectivity index (χ1) is 5.86. The lowest BCUT2D eigenvalue weighted by Gasteiger charge is -1.90. The lowest BCUT2D eigenvalue weighted by molar-refractivity contribution is 0.572. The molecule has 0 aliphatic carbocycles. The lowest BCUT2D eigenvalue weighted by atomic mass is 10.3. The highest BCUT2D eigenvalue weighted by molar-refractivity contribution is 6.27. The van der Waals surface area contributed by atoms with Crippen molar-refractivity contribution in [1.82, 2.24) is 9.97 Å². The maximum atomic E-state index is 5.50. The first kappa shape index (κ1) is 7.31. The van der Waals surface area contributed by atoms with Crippen LogP contribution in [0.25, 0.3) is 11.5 Å². The largest absolute Gasteiger partial charge is 0.426 e. The third-order valence-electron chi connectivity index (χ3n) is 1.39. The number of hydrogen-bond donors (Lipinski definition) is 0. The standard InChI is InChI=1S/C8H5ClN2O/c9-8-11-5-7(12-8)6-3-1-2-4-10-6/h1-5H. The van der Waals surface area contributed by atoms with E-state index >= 15 is 0 Å². The highest BCUT2D eigenvalue weighted by atomic mass is 35.5. The SMILES string of the molecule is Clc1ncc(-c2ccccn2)o1. The van der Waals surface area contributed by atoms with Crippen LogP contribution in [0.4, 0.5) is 0 Å². The highest BCUT2D eigenvalue weighted by Gasteiger charge is 2.03. The van der Waals surface area contributed by atoms with Gasteiger partial charge < -0.3 is 4.42 Å². The molecule has 0 spiro atoms. The zero-order valence-electron chi connectivity index (χ0n) is 6.07. The van der Waals surface area contributed by atoms with Gasteiger partial charge in [-0.25, -0.2) is 4.98 Å². The molecule has 0 unspecified atom stereocenters. The Morgan fingerprint density at radius 3 is 2.75 bits per heavy atom. The number of pyridine rings is 1. The normalized spacial score (nSPS) is 10.1. The summed E-state index contributed by atoms with van der Waals surface area (Å²) in [4.78, 5) is 7.82. The van der Waals surface area contributed by atoms with E-state index in [1.54, 1.807) is 12.4 Å². The molecule has 0 atom stereocenters. The molecule has 0 N–H and O–H groups in total. The molecule has 0 amide bonds. The maximum absolute atomic E-state index is 5.50. The molecule has 0 radical (unpaired) electrons. The van der Waals surface area contributed by atoms with Crippen molar-refractivity contribution in [2.24, 2.45) is 0 Å². The molecule has 60 valence electrons. The Morgan fingerprint density at radius 1 is 1.25 bits per heavy atom. The second-order valence-corrected chi connectivity index (χ2v) is 2.52. The molecule has 0 aliphatic heterocycles. The summed E-state index contributed by atoms with van der Waals surface area (Å²) in [6, 6.07) is 5.54. The van der Waals surface area contributed by atoms with Gasteiger partial charge in [-0.15, -0.1) is 0 Å². The van der Waals surface area contributed by atoms with E-state index in [-0.39, 0.29) is 5.35 Å². The predicted octanol–water partition coefficient (Wildman–Crippen LogP) is 2.39. The van der Waals surface area contributed by atoms with Crippen LogP contribution in [-0.4, -0.2) is 9.97 Å². The molecular weight excluding hydrogens is 176 g/mol. The quantitative estimate of drug-likeness (QED) is 0.677.